The molecule has 1 aromatic heterocycles. The molecule has 4 N–H and O–H groups in total. The SMILES string of the molecule is COC(=O)CCCNC(=O)c1ccc(C#Cc2ccc(OC(C)C)c(C(=O)N[C@@H](CO)Cc3c[nH]c4ccccc34)c2)cc1. The van der Waals surface area contributed by atoms with Crippen LogP contribution in [0.3, 0.4) is 0 Å². The van der Waals surface area contributed by atoms with Crippen molar-refractivity contribution >= 4 is 28.7 Å². The molecule has 0 spiro atoms. The van der Waals surface area contributed by atoms with Gasteiger partial charge in [-0.2, -0.15) is 0 Å². The van der Waals surface area contributed by atoms with E-state index in [1.54, 1.807) is 42.5 Å². The van der Waals surface area contributed by atoms with E-state index >= 15 is 0 Å². The number of hydrogen-bond acceptors (Lipinski definition) is 6. The second-order valence-corrected chi connectivity index (χ2v) is 10.6. The van der Waals surface area contributed by atoms with Crippen LogP contribution in [0.25, 0.3) is 10.9 Å². The van der Waals surface area contributed by atoms with Crippen molar-refractivity contribution in [2.45, 2.75) is 45.3 Å². The number of rotatable bonds is 12. The number of aliphatic hydroxyl groups is 1. The van der Waals surface area contributed by atoms with Gasteiger partial charge in [-0.05, 0) is 80.8 Å². The third-order valence-electron chi connectivity index (χ3n) is 6.85. The summed E-state index contributed by atoms with van der Waals surface area (Å²) < 4.78 is 10.5. The van der Waals surface area contributed by atoms with Crippen LogP contribution in [0, 0.1) is 11.8 Å². The van der Waals surface area contributed by atoms with Crippen LogP contribution in [0.4, 0.5) is 0 Å². The standard InChI is InChI=1S/C35H37N3O6/c1-23(2)44-32-17-14-25(11-10-24-12-15-26(16-13-24)34(41)36-18-6-9-33(40)43-3)19-30(32)35(42)38-28(22-39)20-27-21-37-31-8-5-4-7-29(27)31/h4-5,7-8,12-17,19,21,23,28,37,39H,6,9,18,20,22H2,1-3H3,(H,36,41)(H,38,42)/t28-/m1/s1. The van der Waals surface area contributed by atoms with Gasteiger partial charge >= 0.3 is 5.97 Å². The molecule has 0 aliphatic rings. The molecule has 44 heavy (non-hydrogen) atoms. The van der Waals surface area contributed by atoms with Gasteiger partial charge in [0.15, 0.2) is 0 Å². The average Bonchev–Trinajstić information content (AvgIpc) is 3.44. The fourth-order valence-electron chi connectivity index (χ4n) is 4.62. The molecule has 9 heteroatoms. The van der Waals surface area contributed by atoms with E-state index in [1.807, 2.05) is 44.3 Å². The number of amides is 2. The molecule has 0 saturated carbocycles. The number of aromatic nitrogens is 1. The predicted octanol–water partition coefficient (Wildman–Crippen LogP) is 4.37. The van der Waals surface area contributed by atoms with Crippen molar-refractivity contribution in [1.29, 1.82) is 0 Å². The summed E-state index contributed by atoms with van der Waals surface area (Å²) in [4.78, 5) is 40.3. The predicted molar refractivity (Wildman–Crippen MR) is 169 cm³/mol. The van der Waals surface area contributed by atoms with Gasteiger partial charge in [0, 0.05) is 46.8 Å². The van der Waals surface area contributed by atoms with E-state index < -0.39 is 6.04 Å². The summed E-state index contributed by atoms with van der Waals surface area (Å²) in [5.74, 6) is 5.66. The first-order valence-corrected chi connectivity index (χ1v) is 14.5. The second kappa shape index (κ2) is 15.4. The van der Waals surface area contributed by atoms with Crippen LogP contribution in [0.5, 0.6) is 5.75 Å². The number of carbonyl (C=O) groups is 3. The molecule has 4 aromatic rings. The fourth-order valence-corrected chi connectivity index (χ4v) is 4.62. The summed E-state index contributed by atoms with van der Waals surface area (Å²) >= 11 is 0. The number of esters is 1. The number of hydrogen-bond donors (Lipinski definition) is 4. The molecule has 9 nitrogen and oxygen atoms in total. The smallest absolute Gasteiger partial charge is 0.305 e. The van der Waals surface area contributed by atoms with Crippen LogP contribution < -0.4 is 15.4 Å². The molecule has 228 valence electrons. The maximum Gasteiger partial charge on any atom is 0.305 e. The highest BCUT2D eigenvalue weighted by Gasteiger charge is 2.20. The zero-order chi connectivity index (χ0) is 31.5. The Morgan fingerprint density at radius 3 is 2.41 bits per heavy atom. The highest BCUT2D eigenvalue weighted by Crippen LogP contribution is 2.23. The van der Waals surface area contributed by atoms with Crippen molar-refractivity contribution in [2.24, 2.45) is 0 Å². The summed E-state index contributed by atoms with van der Waals surface area (Å²) in [6.45, 7) is 3.90. The fraction of sp³-hybridized carbons (Fsp3) is 0.286. The number of aliphatic hydroxyl groups excluding tert-OH is 1. The van der Waals surface area contributed by atoms with Crippen LogP contribution in [-0.4, -0.2) is 60.3 Å². The van der Waals surface area contributed by atoms with Gasteiger partial charge in [0.2, 0.25) is 0 Å². The van der Waals surface area contributed by atoms with E-state index in [1.165, 1.54) is 7.11 Å². The maximum absolute atomic E-state index is 13.5. The molecular formula is C35H37N3O6. The van der Waals surface area contributed by atoms with E-state index in [9.17, 15) is 19.5 Å². The number of ether oxygens (including phenoxy) is 2. The average molecular weight is 596 g/mol. The molecule has 0 unspecified atom stereocenters. The lowest BCUT2D eigenvalue weighted by atomic mass is 10.0. The van der Waals surface area contributed by atoms with Crippen molar-refractivity contribution in [3.05, 3.63) is 101 Å². The first-order chi connectivity index (χ1) is 21.3. The van der Waals surface area contributed by atoms with Gasteiger partial charge in [0.1, 0.15) is 5.75 Å². The Morgan fingerprint density at radius 1 is 0.955 bits per heavy atom. The minimum absolute atomic E-state index is 0.151. The molecule has 0 aliphatic heterocycles. The number of methoxy groups -OCH3 is 1. The number of fused-ring (bicyclic) bond motifs is 1. The molecule has 0 aliphatic carbocycles. The number of nitrogens with one attached hydrogen (secondary N) is 3. The van der Waals surface area contributed by atoms with Crippen molar-refractivity contribution in [3.63, 3.8) is 0 Å². The van der Waals surface area contributed by atoms with Gasteiger partial charge in [-0.1, -0.05) is 30.0 Å². The first-order valence-electron chi connectivity index (χ1n) is 14.5. The van der Waals surface area contributed by atoms with E-state index in [0.29, 0.717) is 47.4 Å². The van der Waals surface area contributed by atoms with Crippen molar-refractivity contribution in [1.82, 2.24) is 15.6 Å². The Balaban J connectivity index is 1.45. The molecule has 0 fully saturated rings. The van der Waals surface area contributed by atoms with Gasteiger partial charge in [-0.3, -0.25) is 14.4 Å². The zero-order valence-corrected chi connectivity index (χ0v) is 25.1. The van der Waals surface area contributed by atoms with E-state index in [0.717, 1.165) is 16.5 Å². The first kappa shape index (κ1) is 31.9. The third kappa shape index (κ3) is 8.72. The van der Waals surface area contributed by atoms with E-state index in [-0.39, 0.29) is 36.9 Å². The highest BCUT2D eigenvalue weighted by molar-refractivity contribution is 5.97. The normalized spacial score (nSPS) is 11.4. The van der Waals surface area contributed by atoms with Crippen LogP contribution in [0.1, 0.15) is 64.1 Å². The molecule has 2 amide bonds. The second-order valence-electron chi connectivity index (χ2n) is 10.6. The number of H-pyrrole nitrogens is 1. The lowest BCUT2D eigenvalue weighted by Crippen LogP contribution is -2.39. The minimum atomic E-state index is -0.507. The molecule has 1 atom stereocenters. The van der Waals surface area contributed by atoms with Crippen LogP contribution >= 0.6 is 0 Å². The Morgan fingerprint density at radius 2 is 1.68 bits per heavy atom. The largest absolute Gasteiger partial charge is 0.490 e. The van der Waals surface area contributed by atoms with Crippen LogP contribution in [0.15, 0.2) is 72.9 Å². The molecule has 0 bridgehead atoms. The lowest BCUT2D eigenvalue weighted by molar-refractivity contribution is -0.140. The van der Waals surface area contributed by atoms with Gasteiger partial charge < -0.3 is 30.2 Å². The molecule has 1 heterocycles. The molecule has 4 rings (SSSR count). The summed E-state index contributed by atoms with van der Waals surface area (Å²) in [6, 6.07) is 19.4. The summed E-state index contributed by atoms with van der Waals surface area (Å²) in [5.41, 5.74) is 4.10. The number of benzene rings is 3. The minimum Gasteiger partial charge on any atom is -0.490 e. The number of carbonyl (C=O) groups excluding carboxylic acids is 3. The Hall–Kier alpha value is -5.07. The molecule has 3 aromatic carbocycles. The molecule has 0 saturated heterocycles. The Bertz CT molecular complexity index is 1660. The number of aromatic amines is 1. The summed E-state index contributed by atoms with van der Waals surface area (Å²) in [6.07, 6.45) is 2.94. The lowest BCUT2D eigenvalue weighted by Gasteiger charge is -2.19. The van der Waals surface area contributed by atoms with Gasteiger partial charge in [-0.15, -0.1) is 0 Å². The molecule has 0 radical (unpaired) electrons. The zero-order valence-electron chi connectivity index (χ0n) is 25.1. The van der Waals surface area contributed by atoms with E-state index in [4.69, 9.17) is 4.74 Å². The van der Waals surface area contributed by atoms with Crippen molar-refractivity contribution in [2.75, 3.05) is 20.3 Å². The summed E-state index contributed by atoms with van der Waals surface area (Å²) in [7, 11) is 1.33. The van der Waals surface area contributed by atoms with Crippen molar-refractivity contribution in [3.8, 4) is 17.6 Å². The van der Waals surface area contributed by atoms with Gasteiger partial charge in [0.05, 0.1) is 31.4 Å². The van der Waals surface area contributed by atoms with Crippen molar-refractivity contribution < 1.29 is 29.0 Å². The Kier molecular flexibility index (Phi) is 11.2. The molecular weight excluding hydrogens is 558 g/mol. The highest BCUT2D eigenvalue weighted by atomic mass is 16.5. The summed E-state index contributed by atoms with van der Waals surface area (Å²) in [5, 5.41) is 16.9. The van der Waals surface area contributed by atoms with Gasteiger partial charge in [0.25, 0.3) is 11.8 Å². The number of para-hydroxylation sites is 1. The monoisotopic (exact) mass is 595 g/mol. The maximum atomic E-state index is 13.5. The van der Waals surface area contributed by atoms with Crippen LogP contribution in [-0.2, 0) is 16.0 Å². The van der Waals surface area contributed by atoms with Crippen LogP contribution in [0.2, 0.25) is 0 Å². The quantitative estimate of drug-likeness (QED) is 0.109. The topological polar surface area (TPSA) is 130 Å². The van der Waals surface area contributed by atoms with Gasteiger partial charge in [-0.25, -0.2) is 0 Å². The van der Waals surface area contributed by atoms with E-state index in [2.05, 4.69) is 32.2 Å². The Labute approximate surface area is 257 Å². The third-order valence-corrected chi connectivity index (χ3v) is 6.85.